The quantitative estimate of drug-likeness (QED) is 0.704. The summed E-state index contributed by atoms with van der Waals surface area (Å²) in [6, 6.07) is 12.8. The number of aryl methyl sites for hydroxylation is 1. The molecule has 0 amide bonds. The normalized spacial score (nSPS) is 21.1. The number of ether oxygens (including phenoxy) is 2. The van der Waals surface area contributed by atoms with Crippen molar-refractivity contribution in [1.29, 1.82) is 5.26 Å². The average Bonchev–Trinajstić information content (AvgIpc) is 3.43. The third kappa shape index (κ3) is 3.41. The lowest BCUT2D eigenvalue weighted by molar-refractivity contribution is 0.00459. The second kappa shape index (κ2) is 8.23. The molecule has 5 rings (SSSR count). The molecule has 0 saturated carbocycles. The van der Waals surface area contributed by atoms with E-state index in [1.807, 2.05) is 25.1 Å². The second-order valence-electron chi connectivity index (χ2n) is 8.18. The Balaban J connectivity index is 1.51. The van der Waals surface area contributed by atoms with Gasteiger partial charge in [0.1, 0.15) is 11.9 Å². The van der Waals surface area contributed by atoms with Gasteiger partial charge in [0.25, 0.3) is 0 Å². The molecule has 7 nitrogen and oxygen atoms in total. The number of nitrogens with zero attached hydrogens (tertiary/aromatic N) is 4. The minimum absolute atomic E-state index is 0.386. The number of aromatic nitrogens is 2. The summed E-state index contributed by atoms with van der Waals surface area (Å²) in [5.41, 5.74) is 4.20. The molecule has 0 aliphatic carbocycles. The van der Waals surface area contributed by atoms with Crippen molar-refractivity contribution in [1.82, 2.24) is 14.3 Å². The molecular weight excluding hydrogens is 378 g/mol. The van der Waals surface area contributed by atoms with Gasteiger partial charge < -0.3 is 14.8 Å². The third-order valence-electron chi connectivity index (χ3n) is 6.40. The summed E-state index contributed by atoms with van der Waals surface area (Å²) in [5.74, 6) is 1.50. The van der Waals surface area contributed by atoms with Crippen LogP contribution in [0.5, 0.6) is 0 Å². The van der Waals surface area contributed by atoms with Crippen molar-refractivity contribution >= 4 is 22.5 Å². The maximum absolute atomic E-state index is 9.71. The molecule has 1 N–H and O–H groups in total. The van der Waals surface area contributed by atoms with Crippen molar-refractivity contribution in [3.63, 3.8) is 0 Å². The number of hydrogen-bond donors (Lipinski definition) is 1. The fraction of sp³-hybridized carbons (Fsp3) is 0.478. The van der Waals surface area contributed by atoms with E-state index < -0.39 is 0 Å². The van der Waals surface area contributed by atoms with E-state index >= 15 is 0 Å². The highest BCUT2D eigenvalue weighted by molar-refractivity contribution is 5.85. The number of pyridine rings is 1. The maximum atomic E-state index is 9.71. The molecule has 2 aliphatic rings. The monoisotopic (exact) mass is 405 g/mol. The van der Waals surface area contributed by atoms with Crippen molar-refractivity contribution in [2.45, 2.75) is 19.4 Å². The molecule has 0 radical (unpaired) electrons. The van der Waals surface area contributed by atoms with Crippen molar-refractivity contribution < 1.29 is 9.47 Å². The van der Waals surface area contributed by atoms with Crippen LogP contribution in [0.3, 0.4) is 0 Å². The van der Waals surface area contributed by atoms with Gasteiger partial charge in [-0.25, -0.2) is 4.98 Å². The predicted octanol–water partition coefficient (Wildman–Crippen LogP) is 2.82. The first-order valence-electron chi connectivity index (χ1n) is 10.7. The highest BCUT2D eigenvalue weighted by atomic mass is 16.5. The van der Waals surface area contributed by atoms with E-state index in [9.17, 15) is 5.26 Å². The Labute approximate surface area is 176 Å². The minimum atomic E-state index is 0.386. The van der Waals surface area contributed by atoms with Crippen LogP contribution < -0.4 is 5.32 Å². The predicted molar refractivity (Wildman–Crippen MR) is 116 cm³/mol. The van der Waals surface area contributed by atoms with E-state index in [4.69, 9.17) is 14.5 Å². The molecular formula is C23H27N5O2. The molecule has 2 unspecified atom stereocenters. The van der Waals surface area contributed by atoms with Gasteiger partial charge in [0, 0.05) is 38.2 Å². The smallest absolute Gasteiger partial charge is 0.157 e. The molecule has 1 aromatic carbocycles. The lowest BCUT2D eigenvalue weighted by atomic mass is 9.97. The van der Waals surface area contributed by atoms with Crippen molar-refractivity contribution in [2.24, 2.45) is 5.92 Å². The maximum Gasteiger partial charge on any atom is 0.157 e. The Bertz CT molecular complexity index is 1090. The van der Waals surface area contributed by atoms with E-state index in [0.29, 0.717) is 23.2 Å². The van der Waals surface area contributed by atoms with Gasteiger partial charge in [-0.1, -0.05) is 12.1 Å². The molecule has 2 fully saturated rings. The summed E-state index contributed by atoms with van der Waals surface area (Å²) in [6.07, 6.45) is 1.10. The number of hydrogen-bond acceptors (Lipinski definition) is 6. The van der Waals surface area contributed by atoms with Gasteiger partial charge in [-0.05, 0) is 37.1 Å². The Kier molecular flexibility index (Phi) is 5.30. The van der Waals surface area contributed by atoms with E-state index in [-0.39, 0.29) is 0 Å². The topological polar surface area (TPSA) is 74.8 Å². The van der Waals surface area contributed by atoms with Crippen LogP contribution in [0.25, 0.3) is 16.7 Å². The molecule has 0 spiro atoms. The number of rotatable bonds is 5. The number of para-hydroxylation sites is 2. The average molecular weight is 406 g/mol. The van der Waals surface area contributed by atoms with Gasteiger partial charge >= 0.3 is 0 Å². The standard InChI is InChI=1S/C23H27N5O2/c1-16-12-22(28-20-5-3-2-4-19(20)26-23(28)18(16)13-24)25-14-21(17-6-9-30-15-17)27-7-10-29-11-8-27/h2-5,12,17,21,25H,6-11,14-15H2,1H3. The minimum Gasteiger partial charge on any atom is -0.381 e. The van der Waals surface area contributed by atoms with Gasteiger partial charge in [-0.3, -0.25) is 9.30 Å². The third-order valence-corrected chi connectivity index (χ3v) is 6.40. The van der Waals surface area contributed by atoms with E-state index in [1.165, 1.54) is 0 Å². The lowest BCUT2D eigenvalue weighted by Crippen LogP contribution is -2.50. The van der Waals surface area contributed by atoms with E-state index in [1.54, 1.807) is 0 Å². The zero-order valence-electron chi connectivity index (χ0n) is 17.3. The van der Waals surface area contributed by atoms with Crippen LogP contribution in [0.1, 0.15) is 17.5 Å². The zero-order chi connectivity index (χ0) is 20.5. The highest BCUT2D eigenvalue weighted by Gasteiger charge is 2.31. The van der Waals surface area contributed by atoms with Crippen LogP contribution in [0, 0.1) is 24.2 Å². The summed E-state index contributed by atoms with van der Waals surface area (Å²) >= 11 is 0. The van der Waals surface area contributed by atoms with E-state index in [2.05, 4.69) is 32.8 Å². The van der Waals surface area contributed by atoms with Gasteiger partial charge in [0.2, 0.25) is 0 Å². The number of benzene rings is 1. The van der Waals surface area contributed by atoms with Crippen LogP contribution in [0.15, 0.2) is 30.3 Å². The number of morpholine rings is 1. The zero-order valence-corrected chi connectivity index (χ0v) is 17.3. The number of imidazole rings is 1. The molecule has 2 aliphatic heterocycles. The summed E-state index contributed by atoms with van der Waals surface area (Å²) in [7, 11) is 0. The Hall–Kier alpha value is -2.66. The summed E-state index contributed by atoms with van der Waals surface area (Å²) < 4.78 is 13.4. The highest BCUT2D eigenvalue weighted by Crippen LogP contribution is 2.28. The fourth-order valence-electron chi connectivity index (χ4n) is 4.79. The van der Waals surface area contributed by atoms with E-state index in [0.717, 1.165) is 74.9 Å². The van der Waals surface area contributed by atoms with Gasteiger partial charge in [0.15, 0.2) is 5.65 Å². The molecule has 2 atom stereocenters. The van der Waals surface area contributed by atoms with Crippen LogP contribution >= 0.6 is 0 Å². The Morgan fingerprint density at radius 2 is 2.07 bits per heavy atom. The van der Waals surface area contributed by atoms with Crippen LogP contribution in [0.4, 0.5) is 5.82 Å². The number of nitrogens with one attached hydrogen (secondary N) is 1. The van der Waals surface area contributed by atoms with Crippen molar-refractivity contribution in [3.8, 4) is 6.07 Å². The molecule has 4 heterocycles. The summed E-state index contributed by atoms with van der Waals surface area (Å²) in [4.78, 5) is 7.29. The number of nitriles is 1. The van der Waals surface area contributed by atoms with Crippen LogP contribution in [0.2, 0.25) is 0 Å². The first kappa shape index (κ1) is 19.3. The Morgan fingerprint density at radius 1 is 1.23 bits per heavy atom. The first-order chi connectivity index (χ1) is 14.8. The van der Waals surface area contributed by atoms with Gasteiger partial charge in [-0.2, -0.15) is 5.26 Å². The molecule has 0 bridgehead atoms. The molecule has 156 valence electrons. The fourth-order valence-corrected chi connectivity index (χ4v) is 4.79. The van der Waals surface area contributed by atoms with Crippen LogP contribution in [-0.2, 0) is 9.47 Å². The lowest BCUT2D eigenvalue weighted by Gasteiger charge is -2.37. The van der Waals surface area contributed by atoms with Crippen LogP contribution in [-0.4, -0.2) is 66.4 Å². The largest absolute Gasteiger partial charge is 0.381 e. The number of anilines is 1. The SMILES string of the molecule is Cc1cc(NCC(C2CCOC2)N2CCOCC2)n2c(nc3ccccc32)c1C#N. The molecule has 30 heavy (non-hydrogen) atoms. The number of fused-ring (bicyclic) bond motifs is 3. The molecule has 2 saturated heterocycles. The molecule has 3 aromatic rings. The van der Waals surface area contributed by atoms with Gasteiger partial charge in [-0.15, -0.1) is 0 Å². The Morgan fingerprint density at radius 3 is 2.83 bits per heavy atom. The molecule has 2 aromatic heterocycles. The van der Waals surface area contributed by atoms with Gasteiger partial charge in [0.05, 0.1) is 36.4 Å². The summed E-state index contributed by atoms with van der Waals surface area (Å²) in [6.45, 7) is 7.95. The first-order valence-corrected chi connectivity index (χ1v) is 10.7. The van der Waals surface area contributed by atoms with Crippen molar-refractivity contribution in [3.05, 3.63) is 41.5 Å². The summed E-state index contributed by atoms with van der Waals surface area (Å²) in [5, 5.41) is 13.4. The second-order valence-corrected chi connectivity index (χ2v) is 8.18. The van der Waals surface area contributed by atoms with Crippen molar-refractivity contribution in [2.75, 3.05) is 51.4 Å². The molecule has 7 heteroatoms.